The summed E-state index contributed by atoms with van der Waals surface area (Å²) in [6.45, 7) is 0. The molecule has 19 heteroatoms. The second-order valence-electron chi connectivity index (χ2n) is 1.15. The Morgan fingerprint density at radius 3 is 0.263 bits per heavy atom. The first-order valence-electron chi connectivity index (χ1n) is 2.83. The largest absolute Gasteiger partial charge is 4.00 e. The average Bonchev–Trinajstić information content (AvgIpc) is 1.76. The minimum Gasteiger partial charge on any atom is -0.907 e. The topological polar surface area (TPSA) is 277 Å². The number of hydrogen-bond acceptors (Lipinski definition) is 12. The molecule has 0 aliphatic carbocycles. The van der Waals surface area contributed by atoms with Crippen LogP contribution in [0.15, 0.2) is 0 Å². The van der Waals surface area contributed by atoms with Crippen LogP contribution in [0.2, 0.25) is 0 Å². The molecule has 0 fully saturated rings. The Labute approximate surface area is 154 Å². The van der Waals surface area contributed by atoms with E-state index in [0.29, 0.717) is 0 Å². The summed E-state index contributed by atoms with van der Waals surface area (Å²) in [6, 6.07) is 0. The minimum absolute atomic E-state index is 0. The van der Waals surface area contributed by atoms with Crippen LogP contribution in [0, 0.1) is 0 Å². The second-order valence-corrected chi connectivity index (χ2v) is 1.15. The van der Waals surface area contributed by atoms with E-state index >= 15 is 0 Å². The fraction of sp³-hybridized carbons (Fsp3) is 0. The van der Waals surface area contributed by atoms with Gasteiger partial charge in [0.2, 0.25) is 0 Å². The van der Waals surface area contributed by atoms with Crippen molar-refractivity contribution in [3.05, 3.63) is 0 Å². The Morgan fingerprint density at radius 2 is 0.263 bits per heavy atom. The van der Waals surface area contributed by atoms with Crippen molar-refractivity contribution >= 4 is 29.3 Å². The Hall–Kier alpha value is 1.92. The molecule has 0 aromatic rings. The quantitative estimate of drug-likeness (QED) is 0.355. The maximum atomic E-state index is 8.42. The van der Waals surface area contributed by atoms with Gasteiger partial charge in [-0.2, -0.15) is 0 Å². The van der Waals surface area contributed by atoms with Crippen molar-refractivity contribution in [3.63, 3.8) is 0 Å². The minimum atomic E-state index is -2.92. The average molecular weight is 379 g/mol. The van der Waals surface area contributed by atoms with Crippen LogP contribution in [0.1, 0.15) is 0 Å². The predicted molar refractivity (Wildman–Crippen MR) is 23.0 cm³/mol. The van der Waals surface area contributed by atoms with E-state index < -0.39 is 29.3 Å². The van der Waals surface area contributed by atoms with E-state index in [2.05, 4.69) is 0 Å². The van der Waals surface area contributed by atoms with Gasteiger partial charge in [0.1, 0.15) is 0 Å². The first kappa shape index (κ1) is 42.8. The molecule has 0 bridgehead atoms. The van der Waals surface area contributed by atoms with E-state index in [1.165, 1.54) is 0 Å². The van der Waals surface area contributed by atoms with Crippen molar-refractivity contribution in [1.82, 2.24) is 0 Å². The summed E-state index contributed by atoms with van der Waals surface area (Å²) in [5.74, 6) is 0. The molecule has 0 amide bonds. The predicted octanol–water partition coefficient (Wildman–Crippen LogP) is -15.8. The maximum Gasteiger partial charge on any atom is 4.00 e. The Kier molecular flexibility index (Phi) is 83.0. The molecule has 0 unspecified atom stereocenters. The SMILES string of the molecule is [O-]B([O-])[O-].[O-]B([O-])[O-].[O-]B([O-])[O-].[O-]B([O-])[O-].[Ti+4].[Ti+4].[Ti+4]. The van der Waals surface area contributed by atoms with Crippen LogP contribution >= 0.6 is 0 Å². The number of rotatable bonds is 0. The van der Waals surface area contributed by atoms with Gasteiger partial charge in [-0.1, -0.05) is 0 Å². The molecule has 19 heavy (non-hydrogen) atoms. The Balaban J connectivity index is -0.0000000192. The summed E-state index contributed by atoms with van der Waals surface area (Å²) < 4.78 is 0. The van der Waals surface area contributed by atoms with Gasteiger partial charge in [-0.05, 0) is 0 Å². The Bertz CT molecular complexity index is 68.0. The zero-order valence-electron chi connectivity index (χ0n) is 8.71. The van der Waals surface area contributed by atoms with Crippen molar-refractivity contribution in [2.45, 2.75) is 0 Å². The molecule has 0 rings (SSSR count). The third kappa shape index (κ3) is 1730. The molecule has 96 valence electrons. The molecule has 0 spiro atoms. The molecular formula is B4O12Ti3. The van der Waals surface area contributed by atoms with Gasteiger partial charge < -0.3 is 60.3 Å². The number of hydrogen-bond donors (Lipinski definition) is 0. The van der Waals surface area contributed by atoms with E-state index in [1.54, 1.807) is 0 Å². The third-order valence-electron chi connectivity index (χ3n) is 0. The van der Waals surface area contributed by atoms with Crippen LogP contribution in [-0.4, -0.2) is 29.3 Å². The standard InChI is InChI=1S/4BO3.3Ti/c4*2-1(3)4;;;/q4*-3;3*+4. The van der Waals surface area contributed by atoms with E-state index in [1.807, 2.05) is 0 Å². The van der Waals surface area contributed by atoms with Gasteiger partial charge in [-0.25, -0.2) is 0 Å². The molecule has 0 saturated carbocycles. The van der Waals surface area contributed by atoms with Crippen LogP contribution in [0.5, 0.6) is 0 Å². The second kappa shape index (κ2) is 36.8. The fourth-order valence-corrected chi connectivity index (χ4v) is 0. The summed E-state index contributed by atoms with van der Waals surface area (Å²) in [5, 5.41) is 101. The van der Waals surface area contributed by atoms with Crippen molar-refractivity contribution < 1.29 is 125 Å². The van der Waals surface area contributed by atoms with Gasteiger partial charge in [0.25, 0.3) is 0 Å². The van der Waals surface area contributed by atoms with E-state index in [4.69, 9.17) is 60.3 Å². The third-order valence-corrected chi connectivity index (χ3v) is 0. The van der Waals surface area contributed by atoms with Crippen LogP contribution in [0.25, 0.3) is 0 Å². The molecule has 0 aliphatic rings. The monoisotopic (exact) mass is 380 g/mol. The van der Waals surface area contributed by atoms with Gasteiger partial charge >= 0.3 is 65.2 Å². The van der Waals surface area contributed by atoms with Crippen molar-refractivity contribution in [3.8, 4) is 0 Å². The normalized spacial score (nSPS) is 5.68. The van der Waals surface area contributed by atoms with Crippen molar-refractivity contribution in [1.29, 1.82) is 0 Å². The summed E-state index contributed by atoms with van der Waals surface area (Å²) in [6.07, 6.45) is 0. The van der Waals surface area contributed by atoms with E-state index in [9.17, 15) is 0 Å². The van der Waals surface area contributed by atoms with Gasteiger partial charge in [0, 0.05) is 0 Å². The molecule has 0 saturated heterocycles. The van der Waals surface area contributed by atoms with E-state index in [0.717, 1.165) is 0 Å². The van der Waals surface area contributed by atoms with Crippen molar-refractivity contribution in [2.75, 3.05) is 0 Å². The summed E-state index contributed by atoms with van der Waals surface area (Å²) in [7, 11) is -11.7. The maximum absolute atomic E-state index is 8.42. The van der Waals surface area contributed by atoms with E-state index in [-0.39, 0.29) is 65.2 Å². The molecule has 0 aliphatic heterocycles. The first-order chi connectivity index (χ1) is 6.93. The molecule has 0 aromatic carbocycles. The molecule has 0 atom stereocenters. The smallest absolute Gasteiger partial charge is 0.907 e. The fourth-order valence-electron chi connectivity index (χ4n) is 0. The molecule has 0 heterocycles. The molecule has 0 radical (unpaired) electrons. The molecule has 0 N–H and O–H groups in total. The van der Waals surface area contributed by atoms with Gasteiger partial charge in [0.05, 0.1) is 0 Å². The van der Waals surface area contributed by atoms with Crippen LogP contribution in [-0.2, 0) is 65.2 Å². The van der Waals surface area contributed by atoms with Crippen LogP contribution < -0.4 is 60.3 Å². The van der Waals surface area contributed by atoms with Gasteiger partial charge in [-0.15, -0.1) is 0 Å². The van der Waals surface area contributed by atoms with Crippen molar-refractivity contribution in [2.24, 2.45) is 0 Å². The van der Waals surface area contributed by atoms with Gasteiger partial charge in [-0.3, -0.25) is 29.3 Å². The van der Waals surface area contributed by atoms with Gasteiger partial charge in [0.15, 0.2) is 0 Å². The summed E-state index contributed by atoms with van der Waals surface area (Å²) in [5.41, 5.74) is 0. The summed E-state index contributed by atoms with van der Waals surface area (Å²) in [4.78, 5) is 0. The molecule has 0 aromatic heterocycles. The first-order valence-corrected chi connectivity index (χ1v) is 2.83. The zero-order valence-corrected chi connectivity index (χ0v) is 13.4. The summed E-state index contributed by atoms with van der Waals surface area (Å²) >= 11 is 0. The molecular weight excluding hydrogens is 379 g/mol. The zero-order chi connectivity index (χ0) is 14.3. The van der Waals surface area contributed by atoms with Crippen LogP contribution in [0.3, 0.4) is 0 Å². The Morgan fingerprint density at radius 1 is 0.263 bits per heavy atom. The molecule has 12 nitrogen and oxygen atoms in total. The van der Waals surface area contributed by atoms with Crippen LogP contribution in [0.4, 0.5) is 0 Å².